The molecule has 2 aromatic heterocycles. The minimum Gasteiger partial charge on any atom is -0.423 e. The normalized spacial score (nSPS) is 12.0. The molecule has 0 saturated heterocycles. The summed E-state index contributed by atoms with van der Waals surface area (Å²) in [7, 11) is 0. The van der Waals surface area contributed by atoms with E-state index in [4.69, 9.17) is 4.42 Å². The Hall–Kier alpha value is -3.90. The van der Waals surface area contributed by atoms with Crippen LogP contribution in [-0.2, 0) is 6.18 Å². The van der Waals surface area contributed by atoms with Crippen molar-refractivity contribution in [1.82, 2.24) is 4.98 Å². The van der Waals surface area contributed by atoms with E-state index in [1.165, 1.54) is 35.7 Å². The van der Waals surface area contributed by atoms with Crippen molar-refractivity contribution in [1.29, 1.82) is 5.26 Å². The van der Waals surface area contributed by atoms with E-state index >= 15 is 0 Å². The molecule has 4 rings (SSSR count). The van der Waals surface area contributed by atoms with Gasteiger partial charge in [-0.2, -0.15) is 18.4 Å². The van der Waals surface area contributed by atoms with Crippen molar-refractivity contribution in [2.45, 2.75) is 6.18 Å². The first-order valence-electron chi connectivity index (χ1n) is 8.88. The third-order valence-electron chi connectivity index (χ3n) is 4.36. The first-order chi connectivity index (χ1) is 14.8. The van der Waals surface area contributed by atoms with E-state index in [1.54, 1.807) is 0 Å². The third-order valence-corrected chi connectivity index (χ3v) is 5.23. The molecule has 4 aromatic rings. The van der Waals surface area contributed by atoms with Crippen molar-refractivity contribution >= 4 is 33.6 Å². The Bertz CT molecular complexity index is 1380. The van der Waals surface area contributed by atoms with Gasteiger partial charge in [-0.1, -0.05) is 30.3 Å². The molecule has 0 aliphatic rings. The van der Waals surface area contributed by atoms with Gasteiger partial charge in [-0.15, -0.1) is 11.3 Å². The predicted octanol–water partition coefficient (Wildman–Crippen LogP) is 5.91. The highest BCUT2D eigenvalue weighted by Gasteiger charge is 2.33. The van der Waals surface area contributed by atoms with Crippen LogP contribution in [-0.4, -0.2) is 4.98 Å². The number of thiazole rings is 1. The minimum atomic E-state index is -4.68. The topological polar surface area (TPSA) is 78.9 Å². The number of allylic oxidation sites excluding steroid dienone is 1. The smallest absolute Gasteiger partial charge is 0.417 e. The first kappa shape index (κ1) is 20.4. The van der Waals surface area contributed by atoms with Crippen LogP contribution in [0.25, 0.3) is 27.8 Å². The van der Waals surface area contributed by atoms with Crippen LogP contribution in [0.15, 0.2) is 75.4 Å². The fourth-order valence-corrected chi connectivity index (χ4v) is 3.72. The molecule has 9 heteroatoms. The highest BCUT2D eigenvalue weighted by molar-refractivity contribution is 7.11. The second kappa shape index (κ2) is 8.08. The van der Waals surface area contributed by atoms with E-state index in [1.807, 2.05) is 35.7 Å². The average molecular weight is 439 g/mol. The Morgan fingerprint density at radius 3 is 2.65 bits per heavy atom. The fraction of sp³-hybridized carbons (Fsp3) is 0.0455. The summed E-state index contributed by atoms with van der Waals surface area (Å²) in [5, 5.41) is 14.4. The molecular formula is C22H12F3N3O2S. The monoisotopic (exact) mass is 439 g/mol. The molecule has 5 nitrogen and oxygen atoms in total. The molecule has 0 spiro atoms. The molecule has 2 aromatic carbocycles. The average Bonchev–Trinajstić information content (AvgIpc) is 3.23. The van der Waals surface area contributed by atoms with Gasteiger partial charge in [-0.05, 0) is 12.1 Å². The maximum atomic E-state index is 13.2. The fourth-order valence-electron chi connectivity index (χ4n) is 2.92. The van der Waals surface area contributed by atoms with E-state index in [0.29, 0.717) is 16.8 Å². The molecule has 1 N–H and O–H groups in total. The summed E-state index contributed by atoms with van der Waals surface area (Å²) < 4.78 is 44.4. The lowest BCUT2D eigenvalue weighted by Crippen LogP contribution is -2.11. The van der Waals surface area contributed by atoms with Gasteiger partial charge < -0.3 is 9.73 Å². The number of nitrogens with one attached hydrogen (secondary N) is 1. The Morgan fingerprint density at radius 1 is 1.16 bits per heavy atom. The van der Waals surface area contributed by atoms with E-state index in [0.717, 1.165) is 11.3 Å². The summed E-state index contributed by atoms with van der Waals surface area (Å²) >= 11 is 1.29. The number of fused-ring (bicyclic) bond motifs is 1. The predicted molar refractivity (Wildman–Crippen MR) is 112 cm³/mol. The lowest BCUT2D eigenvalue weighted by atomic mass is 10.1. The summed E-state index contributed by atoms with van der Waals surface area (Å²) in [4.78, 5) is 16.0. The van der Waals surface area contributed by atoms with Crippen LogP contribution in [0, 0.1) is 11.3 Å². The van der Waals surface area contributed by atoms with Crippen LogP contribution in [0.5, 0.6) is 0 Å². The highest BCUT2D eigenvalue weighted by Crippen LogP contribution is 2.34. The van der Waals surface area contributed by atoms with Gasteiger partial charge in [0.2, 0.25) is 0 Å². The number of hydrogen-bond acceptors (Lipinski definition) is 6. The first-order valence-corrected chi connectivity index (χ1v) is 9.76. The lowest BCUT2D eigenvalue weighted by Gasteiger charge is -2.10. The maximum absolute atomic E-state index is 13.2. The highest BCUT2D eigenvalue weighted by atomic mass is 32.1. The second-order valence-corrected chi connectivity index (χ2v) is 7.26. The van der Waals surface area contributed by atoms with E-state index in [-0.39, 0.29) is 16.5 Å². The van der Waals surface area contributed by atoms with Crippen LogP contribution >= 0.6 is 11.3 Å². The van der Waals surface area contributed by atoms with Crippen molar-refractivity contribution in [3.63, 3.8) is 0 Å². The standard InChI is InChI=1S/C22H12F3N3O2S/c23-22(24,25)17-9-20(29)30-19-8-15(6-7-16(17)19)27-11-14(10-26)21-28-18(12-31-21)13-4-2-1-3-5-13/h1-9,11-12,27H. The third kappa shape index (κ3) is 4.34. The van der Waals surface area contributed by atoms with Crippen molar-refractivity contribution in [3.8, 4) is 17.3 Å². The summed E-state index contributed by atoms with van der Waals surface area (Å²) in [5.74, 6) is 0. The Kier molecular flexibility index (Phi) is 5.31. The zero-order chi connectivity index (χ0) is 22.0. The Labute approximate surface area is 177 Å². The van der Waals surface area contributed by atoms with Gasteiger partial charge in [0.25, 0.3) is 0 Å². The molecular weight excluding hydrogens is 427 g/mol. The van der Waals surface area contributed by atoms with Gasteiger partial charge in [0, 0.05) is 40.3 Å². The molecule has 0 unspecified atom stereocenters. The van der Waals surface area contributed by atoms with Gasteiger partial charge in [0.15, 0.2) is 0 Å². The van der Waals surface area contributed by atoms with Crippen LogP contribution in [0.3, 0.4) is 0 Å². The largest absolute Gasteiger partial charge is 0.423 e. The van der Waals surface area contributed by atoms with Gasteiger partial charge in [-0.3, -0.25) is 0 Å². The van der Waals surface area contributed by atoms with E-state index < -0.39 is 17.4 Å². The number of nitrogens with zero attached hydrogens (tertiary/aromatic N) is 2. The molecule has 0 aliphatic heterocycles. The molecule has 31 heavy (non-hydrogen) atoms. The zero-order valence-electron chi connectivity index (χ0n) is 15.6. The minimum absolute atomic E-state index is 0.211. The number of nitriles is 1. The Morgan fingerprint density at radius 2 is 1.94 bits per heavy atom. The Balaban J connectivity index is 1.63. The zero-order valence-corrected chi connectivity index (χ0v) is 16.4. The number of hydrogen-bond donors (Lipinski definition) is 1. The lowest BCUT2D eigenvalue weighted by molar-refractivity contribution is -0.136. The summed E-state index contributed by atoms with van der Waals surface area (Å²) in [6, 6.07) is 15.8. The molecule has 2 heterocycles. The number of anilines is 1. The summed E-state index contributed by atoms with van der Waals surface area (Å²) in [5.41, 5.74) is -0.122. The molecule has 0 radical (unpaired) electrons. The molecule has 0 aliphatic carbocycles. The van der Waals surface area contributed by atoms with Crippen molar-refractivity contribution in [2.24, 2.45) is 0 Å². The van der Waals surface area contributed by atoms with Crippen LogP contribution in [0.1, 0.15) is 10.6 Å². The number of halogens is 3. The summed E-state index contributed by atoms with van der Waals surface area (Å²) in [6.07, 6.45) is -3.28. The van der Waals surface area contributed by atoms with Crippen LogP contribution < -0.4 is 10.9 Å². The number of benzene rings is 2. The molecule has 0 saturated carbocycles. The van der Waals surface area contributed by atoms with Gasteiger partial charge in [0.05, 0.1) is 11.3 Å². The maximum Gasteiger partial charge on any atom is 0.417 e. The summed E-state index contributed by atoms with van der Waals surface area (Å²) in [6.45, 7) is 0. The molecule has 0 amide bonds. The van der Waals surface area contributed by atoms with Crippen molar-refractivity contribution in [2.75, 3.05) is 5.32 Å². The van der Waals surface area contributed by atoms with Gasteiger partial charge in [-0.25, -0.2) is 9.78 Å². The SMILES string of the molecule is N#CC(=CNc1ccc2c(C(F)(F)F)cc(=O)oc2c1)c1nc(-c2ccccc2)cs1. The van der Waals surface area contributed by atoms with E-state index in [9.17, 15) is 23.2 Å². The molecule has 0 fully saturated rings. The number of alkyl halides is 3. The van der Waals surface area contributed by atoms with Crippen LogP contribution in [0.2, 0.25) is 0 Å². The van der Waals surface area contributed by atoms with Gasteiger partial charge >= 0.3 is 11.8 Å². The molecule has 0 bridgehead atoms. The van der Waals surface area contributed by atoms with Gasteiger partial charge in [0.1, 0.15) is 22.2 Å². The van der Waals surface area contributed by atoms with Crippen LogP contribution in [0.4, 0.5) is 18.9 Å². The van der Waals surface area contributed by atoms with Crippen molar-refractivity contribution in [3.05, 3.63) is 87.2 Å². The molecule has 154 valence electrons. The quantitative estimate of drug-likeness (QED) is 0.316. The number of aromatic nitrogens is 1. The number of rotatable bonds is 4. The van der Waals surface area contributed by atoms with E-state index in [2.05, 4.69) is 16.4 Å². The second-order valence-electron chi connectivity index (χ2n) is 6.41. The molecule has 0 atom stereocenters. The van der Waals surface area contributed by atoms with Crippen molar-refractivity contribution < 1.29 is 17.6 Å².